The van der Waals surface area contributed by atoms with Crippen molar-refractivity contribution in [3.63, 3.8) is 0 Å². The molecular weight excluding hydrogens is 334 g/mol. The van der Waals surface area contributed by atoms with Crippen LogP contribution in [0.5, 0.6) is 0 Å². The summed E-state index contributed by atoms with van der Waals surface area (Å²) in [4.78, 5) is 16.7. The Morgan fingerprint density at radius 1 is 1.35 bits per heavy atom. The quantitative estimate of drug-likeness (QED) is 0.913. The maximum absolute atomic E-state index is 12.2. The summed E-state index contributed by atoms with van der Waals surface area (Å²) in [5.74, 6) is -0.430. The van der Waals surface area contributed by atoms with Crippen molar-refractivity contribution in [1.82, 2.24) is 9.29 Å². The Morgan fingerprint density at radius 2 is 2.09 bits per heavy atom. The number of hydrogen-bond acceptors (Lipinski definition) is 5. The van der Waals surface area contributed by atoms with E-state index in [1.807, 2.05) is 25.1 Å². The summed E-state index contributed by atoms with van der Waals surface area (Å²) in [5.41, 5.74) is 1.98. The minimum atomic E-state index is -3.15. The molecule has 1 aromatic carbocycles. The number of hydrogen-bond donors (Lipinski definition) is 1. The highest BCUT2D eigenvalue weighted by molar-refractivity contribution is 7.90. The van der Waals surface area contributed by atoms with Crippen LogP contribution in [0.25, 0.3) is 10.2 Å². The number of rotatable bonds is 4. The Hall–Kier alpha value is -1.51. The van der Waals surface area contributed by atoms with Gasteiger partial charge < -0.3 is 5.32 Å². The highest BCUT2D eigenvalue weighted by Gasteiger charge is 2.47. The number of aromatic nitrogens is 1. The lowest BCUT2D eigenvalue weighted by molar-refractivity contribution is -0.122. The SMILES string of the molecule is Cc1cccc2sc(NC(=O)C3CN(S(=O)(=O)C4CC4)C3)nc12. The number of carbonyl (C=O) groups excluding carboxylic acids is 1. The van der Waals surface area contributed by atoms with Crippen LogP contribution in [0.3, 0.4) is 0 Å². The average Bonchev–Trinajstić information content (AvgIpc) is 3.20. The molecule has 0 radical (unpaired) electrons. The van der Waals surface area contributed by atoms with E-state index in [2.05, 4.69) is 10.3 Å². The third-order valence-electron chi connectivity index (χ3n) is 4.38. The van der Waals surface area contributed by atoms with E-state index in [-0.39, 0.29) is 30.2 Å². The lowest BCUT2D eigenvalue weighted by atomic mass is 10.0. The second-order valence-corrected chi connectivity index (χ2v) is 9.43. The zero-order valence-corrected chi connectivity index (χ0v) is 14.3. The number of para-hydroxylation sites is 1. The van der Waals surface area contributed by atoms with Crippen LogP contribution in [0, 0.1) is 12.8 Å². The molecule has 2 aliphatic rings. The smallest absolute Gasteiger partial charge is 0.231 e. The van der Waals surface area contributed by atoms with E-state index in [4.69, 9.17) is 0 Å². The Labute approximate surface area is 138 Å². The first-order chi connectivity index (χ1) is 10.9. The molecule has 6 nitrogen and oxygen atoms in total. The van der Waals surface area contributed by atoms with Crippen molar-refractivity contribution in [3.8, 4) is 0 Å². The van der Waals surface area contributed by atoms with Gasteiger partial charge in [0.1, 0.15) is 0 Å². The van der Waals surface area contributed by atoms with E-state index in [1.165, 1.54) is 15.6 Å². The molecule has 1 saturated heterocycles. The molecular formula is C15H17N3O3S2. The van der Waals surface area contributed by atoms with Gasteiger partial charge in [0.05, 0.1) is 21.4 Å². The van der Waals surface area contributed by atoms with Gasteiger partial charge in [0.2, 0.25) is 15.9 Å². The van der Waals surface area contributed by atoms with Gasteiger partial charge in [-0.2, -0.15) is 4.31 Å². The molecule has 8 heteroatoms. The van der Waals surface area contributed by atoms with Gasteiger partial charge in [0.15, 0.2) is 5.13 Å². The van der Waals surface area contributed by atoms with Gasteiger partial charge in [-0.15, -0.1) is 0 Å². The number of aryl methyl sites for hydroxylation is 1. The number of nitrogens with one attached hydrogen (secondary N) is 1. The van der Waals surface area contributed by atoms with E-state index in [1.54, 1.807) is 0 Å². The number of benzene rings is 1. The predicted octanol–water partition coefficient (Wildman–Crippen LogP) is 1.97. The topological polar surface area (TPSA) is 79.4 Å². The third kappa shape index (κ3) is 2.64. The van der Waals surface area contributed by atoms with Crippen LogP contribution in [0.2, 0.25) is 0 Å². The fourth-order valence-corrected chi connectivity index (χ4v) is 5.61. The third-order valence-corrected chi connectivity index (χ3v) is 7.64. The number of nitrogens with zero attached hydrogens (tertiary/aromatic N) is 2. The number of anilines is 1. The molecule has 0 atom stereocenters. The summed E-state index contributed by atoms with van der Waals surface area (Å²) in [7, 11) is -3.15. The summed E-state index contributed by atoms with van der Waals surface area (Å²) >= 11 is 1.44. The summed E-state index contributed by atoms with van der Waals surface area (Å²) in [6.07, 6.45) is 1.50. The second kappa shape index (κ2) is 5.25. The Balaban J connectivity index is 1.41. The molecule has 23 heavy (non-hydrogen) atoms. The van der Waals surface area contributed by atoms with Crippen LogP contribution in [0.1, 0.15) is 18.4 Å². The van der Waals surface area contributed by atoms with Gasteiger partial charge >= 0.3 is 0 Å². The molecule has 1 aliphatic carbocycles. The van der Waals surface area contributed by atoms with E-state index < -0.39 is 10.0 Å². The van der Waals surface area contributed by atoms with Crippen LogP contribution < -0.4 is 5.32 Å². The number of sulfonamides is 1. The van der Waals surface area contributed by atoms with Gasteiger partial charge in [-0.3, -0.25) is 4.79 Å². The zero-order valence-electron chi connectivity index (χ0n) is 12.7. The largest absolute Gasteiger partial charge is 0.302 e. The first kappa shape index (κ1) is 15.0. The number of fused-ring (bicyclic) bond motifs is 1. The van der Waals surface area contributed by atoms with Gasteiger partial charge in [0.25, 0.3) is 0 Å². The summed E-state index contributed by atoms with van der Waals surface area (Å²) in [6.45, 7) is 2.56. The lowest BCUT2D eigenvalue weighted by Gasteiger charge is -2.36. The van der Waals surface area contributed by atoms with Crippen LogP contribution in [0.15, 0.2) is 18.2 Å². The zero-order chi connectivity index (χ0) is 16.2. The first-order valence-electron chi connectivity index (χ1n) is 7.61. The minimum Gasteiger partial charge on any atom is -0.302 e. The molecule has 1 aliphatic heterocycles. The van der Waals surface area contributed by atoms with Crippen LogP contribution in [0.4, 0.5) is 5.13 Å². The highest BCUT2D eigenvalue weighted by Crippen LogP contribution is 2.35. The summed E-state index contributed by atoms with van der Waals surface area (Å²) < 4.78 is 26.5. The minimum absolute atomic E-state index is 0.149. The van der Waals surface area contributed by atoms with Crippen LogP contribution >= 0.6 is 11.3 Å². The molecule has 1 amide bonds. The van der Waals surface area contributed by atoms with Crippen molar-refractivity contribution in [2.24, 2.45) is 5.92 Å². The van der Waals surface area contributed by atoms with Crippen molar-refractivity contribution in [3.05, 3.63) is 23.8 Å². The fraction of sp³-hybridized carbons (Fsp3) is 0.467. The molecule has 1 saturated carbocycles. The molecule has 0 bridgehead atoms. The number of carbonyl (C=O) groups is 1. The number of amides is 1. The number of thiazole rings is 1. The van der Waals surface area contributed by atoms with E-state index >= 15 is 0 Å². The Bertz CT molecular complexity index is 881. The van der Waals surface area contributed by atoms with E-state index in [0.717, 1.165) is 28.6 Å². The molecule has 2 aromatic rings. The Kier molecular flexibility index (Phi) is 3.44. The van der Waals surface area contributed by atoms with Gasteiger partial charge in [-0.1, -0.05) is 23.5 Å². The first-order valence-corrected chi connectivity index (χ1v) is 9.93. The lowest BCUT2D eigenvalue weighted by Crippen LogP contribution is -2.55. The molecule has 0 spiro atoms. The van der Waals surface area contributed by atoms with Crippen molar-refractivity contribution < 1.29 is 13.2 Å². The fourth-order valence-electron chi connectivity index (χ4n) is 2.74. The highest BCUT2D eigenvalue weighted by atomic mass is 32.2. The van der Waals surface area contributed by atoms with E-state index in [9.17, 15) is 13.2 Å². The molecule has 122 valence electrons. The standard InChI is InChI=1S/C15H17N3O3S2/c1-9-3-2-4-12-13(9)16-15(22-12)17-14(19)10-7-18(8-10)23(20,21)11-5-6-11/h2-4,10-11H,5-8H2,1H3,(H,16,17,19). The normalized spacial score (nSPS) is 19.7. The molecule has 1 N–H and O–H groups in total. The van der Waals surface area contributed by atoms with Crippen LogP contribution in [-0.2, 0) is 14.8 Å². The van der Waals surface area contributed by atoms with Crippen LogP contribution in [-0.4, -0.2) is 42.0 Å². The van der Waals surface area contributed by atoms with Crippen molar-refractivity contribution >= 4 is 42.6 Å². The van der Waals surface area contributed by atoms with Crippen molar-refractivity contribution in [2.45, 2.75) is 25.0 Å². The molecule has 1 aromatic heterocycles. The van der Waals surface area contributed by atoms with Crippen molar-refractivity contribution in [1.29, 1.82) is 0 Å². The van der Waals surface area contributed by atoms with Crippen molar-refractivity contribution in [2.75, 3.05) is 18.4 Å². The maximum Gasteiger partial charge on any atom is 0.231 e. The molecule has 0 unspecified atom stereocenters. The summed E-state index contributed by atoms with van der Waals surface area (Å²) in [5, 5.41) is 3.19. The summed E-state index contributed by atoms with van der Waals surface area (Å²) in [6, 6.07) is 5.93. The molecule has 2 fully saturated rings. The predicted molar refractivity (Wildman–Crippen MR) is 90.0 cm³/mol. The Morgan fingerprint density at radius 3 is 2.74 bits per heavy atom. The average molecular weight is 351 g/mol. The second-order valence-electron chi connectivity index (χ2n) is 6.19. The van der Waals surface area contributed by atoms with Gasteiger partial charge in [-0.05, 0) is 31.4 Å². The van der Waals surface area contributed by atoms with Gasteiger partial charge in [0, 0.05) is 13.1 Å². The molecule has 2 heterocycles. The van der Waals surface area contributed by atoms with E-state index in [0.29, 0.717) is 5.13 Å². The monoisotopic (exact) mass is 351 g/mol. The molecule has 4 rings (SSSR count). The van der Waals surface area contributed by atoms with Gasteiger partial charge in [-0.25, -0.2) is 13.4 Å². The maximum atomic E-state index is 12.2.